The molecule has 0 rings (SSSR count). The van der Waals surface area contributed by atoms with E-state index >= 15 is 0 Å². The quantitative estimate of drug-likeness (QED) is 0.336. The molecule has 183 valence electrons. The molecule has 0 amide bonds. The van der Waals surface area contributed by atoms with Crippen LogP contribution < -0.4 is 0 Å². The van der Waals surface area contributed by atoms with Crippen LogP contribution in [-0.4, -0.2) is 82.3 Å². The SMILES string of the molecule is COCCOC.COCCOC.COCCOC.[C-]#N.[C-]#N.[C-]#N.[C-]#N.[C-]#N.[C-]#N.[Co]. The molecule has 0 aromatic rings. The summed E-state index contributed by atoms with van der Waals surface area (Å²) in [5, 5.41) is 37.5. The molecule has 0 aliphatic rings. The molecule has 0 aromatic carbocycles. The molecule has 0 spiro atoms. The Morgan fingerprint density at radius 3 is 0.419 bits per heavy atom. The largest absolute Gasteiger partial charge is 0.512 e. The fourth-order valence-electron chi connectivity index (χ4n) is 0.500. The standard InChI is InChI=1S/3C4H10O2.6CN.Co/c3*1-5-3-4-6-2;6*1-2;/h3*3-4H2,1-2H3;;;;;;;/q;;;6*-1;. The number of ether oxygens (including phenoxy) is 6. The van der Waals surface area contributed by atoms with Gasteiger partial charge in [0.1, 0.15) is 0 Å². The van der Waals surface area contributed by atoms with Crippen molar-refractivity contribution < 1.29 is 45.2 Å². The van der Waals surface area contributed by atoms with E-state index in [1.807, 2.05) is 0 Å². The summed E-state index contributed by atoms with van der Waals surface area (Å²) in [6.45, 7) is 32.6. The summed E-state index contributed by atoms with van der Waals surface area (Å²) < 4.78 is 27.9. The van der Waals surface area contributed by atoms with Crippen LogP contribution in [0.3, 0.4) is 0 Å². The van der Waals surface area contributed by atoms with E-state index in [1.165, 1.54) is 0 Å². The number of hydrogen-bond donors (Lipinski definition) is 0. The Bertz CT molecular complexity index is 236. The van der Waals surface area contributed by atoms with Gasteiger partial charge in [-0.2, -0.15) is 0 Å². The smallest absolute Gasteiger partial charge is 0.0696 e. The maximum atomic E-state index is 6.25. The van der Waals surface area contributed by atoms with Crippen molar-refractivity contribution in [2.45, 2.75) is 0 Å². The van der Waals surface area contributed by atoms with Crippen LogP contribution in [0.1, 0.15) is 0 Å². The third-order valence-corrected chi connectivity index (χ3v) is 1.47. The minimum atomic E-state index is 0. The molecule has 0 unspecified atom stereocenters. The van der Waals surface area contributed by atoms with Gasteiger partial charge in [0.2, 0.25) is 0 Å². The van der Waals surface area contributed by atoms with Gasteiger partial charge in [0.25, 0.3) is 0 Å². The third kappa shape index (κ3) is 449. The maximum Gasteiger partial charge on any atom is 0.0696 e. The van der Waals surface area contributed by atoms with Crippen LogP contribution in [0.4, 0.5) is 0 Å². The Balaban J connectivity index is -0.0000000212. The second-order valence-corrected chi connectivity index (χ2v) is 2.96. The fraction of sp³-hybridized carbons (Fsp3) is 0.667. The van der Waals surface area contributed by atoms with E-state index in [-0.39, 0.29) is 16.8 Å². The first-order chi connectivity index (χ1) is 14.7. The summed E-state index contributed by atoms with van der Waals surface area (Å²) in [6.07, 6.45) is 0. The molecule has 12 nitrogen and oxygen atoms in total. The average molecular weight is 485 g/mol. The van der Waals surface area contributed by atoms with Crippen LogP contribution >= 0.6 is 0 Å². The molecule has 13 heteroatoms. The molecule has 0 saturated carbocycles. The van der Waals surface area contributed by atoms with Crippen molar-refractivity contribution in [2.24, 2.45) is 0 Å². The van der Waals surface area contributed by atoms with Gasteiger partial charge in [-0.05, 0) is 0 Å². The molecule has 0 bridgehead atoms. The van der Waals surface area contributed by atoms with Gasteiger partial charge in [-0.25, -0.2) is 0 Å². The van der Waals surface area contributed by atoms with Crippen molar-refractivity contribution in [2.75, 3.05) is 82.3 Å². The van der Waals surface area contributed by atoms with Crippen LogP contribution in [0.15, 0.2) is 0 Å². The van der Waals surface area contributed by atoms with E-state index in [1.54, 1.807) is 42.7 Å². The van der Waals surface area contributed by atoms with E-state index in [0.717, 1.165) is 0 Å². The topological polar surface area (TPSA) is 198 Å². The zero-order chi connectivity index (χ0) is 26.5. The Kier molecular flexibility index (Phi) is 448. The minimum absolute atomic E-state index is 0. The minimum Gasteiger partial charge on any atom is -0.512 e. The van der Waals surface area contributed by atoms with Crippen LogP contribution in [0.2, 0.25) is 0 Å². The van der Waals surface area contributed by atoms with Gasteiger partial charge in [0, 0.05) is 59.4 Å². The zero-order valence-electron chi connectivity index (χ0n) is 18.7. The van der Waals surface area contributed by atoms with Crippen LogP contribution in [0, 0.1) is 71.0 Å². The van der Waals surface area contributed by atoms with Gasteiger partial charge in [-0.3, -0.25) is 0 Å². The normalized spacial score (nSPS) is 5.61. The summed E-state index contributed by atoms with van der Waals surface area (Å²) in [5.41, 5.74) is 0. The van der Waals surface area contributed by atoms with Gasteiger partial charge in [-0.1, -0.05) is 0 Å². The summed E-state index contributed by atoms with van der Waals surface area (Å²) in [6, 6.07) is 0. The molecule has 0 aliphatic carbocycles. The molecule has 1 radical (unpaired) electrons. The van der Waals surface area contributed by atoms with Gasteiger partial charge < -0.3 is 99.4 Å². The molecule has 0 aliphatic heterocycles. The van der Waals surface area contributed by atoms with Crippen LogP contribution in [-0.2, 0) is 45.2 Å². The predicted octanol–water partition coefficient (Wildman–Crippen LogP) is 1.41. The predicted molar refractivity (Wildman–Crippen MR) is 101 cm³/mol. The van der Waals surface area contributed by atoms with Crippen LogP contribution in [0.25, 0.3) is 0 Å². The molecular weight excluding hydrogens is 455 g/mol. The first-order valence-electron chi connectivity index (χ1n) is 7.02. The van der Waals surface area contributed by atoms with Gasteiger partial charge in [0.15, 0.2) is 0 Å². The Morgan fingerprint density at radius 1 is 0.323 bits per heavy atom. The summed E-state index contributed by atoms with van der Waals surface area (Å²) in [5.74, 6) is 0. The average Bonchev–Trinajstić information content (AvgIpc) is 2.88. The fourth-order valence-corrected chi connectivity index (χ4v) is 0.500. The van der Waals surface area contributed by atoms with Crippen molar-refractivity contribution >= 4 is 0 Å². The summed E-state index contributed by atoms with van der Waals surface area (Å²) >= 11 is 0. The molecule has 0 atom stereocenters. The second kappa shape index (κ2) is 220. The van der Waals surface area contributed by atoms with Crippen molar-refractivity contribution in [1.82, 2.24) is 0 Å². The first-order valence-corrected chi connectivity index (χ1v) is 7.02. The first kappa shape index (κ1) is 63.0. The molecule has 0 aromatic heterocycles. The third-order valence-electron chi connectivity index (χ3n) is 1.47. The van der Waals surface area contributed by atoms with Gasteiger partial charge in [0.05, 0.1) is 39.6 Å². The number of methoxy groups -OCH3 is 6. The monoisotopic (exact) mass is 485 g/mol. The van der Waals surface area contributed by atoms with Crippen molar-refractivity contribution in [3.63, 3.8) is 0 Å². The Labute approximate surface area is 198 Å². The molecular formula is C18H30CoN6O6-6. The number of rotatable bonds is 9. The molecule has 0 saturated heterocycles. The second-order valence-electron chi connectivity index (χ2n) is 2.96. The molecule has 0 heterocycles. The van der Waals surface area contributed by atoms with E-state index in [4.69, 9.17) is 71.0 Å². The van der Waals surface area contributed by atoms with E-state index in [9.17, 15) is 0 Å². The van der Waals surface area contributed by atoms with Crippen molar-refractivity contribution in [3.05, 3.63) is 39.4 Å². The number of nitrogens with zero attached hydrogens (tertiary/aromatic N) is 6. The molecule has 31 heavy (non-hydrogen) atoms. The van der Waals surface area contributed by atoms with Gasteiger partial charge >= 0.3 is 0 Å². The van der Waals surface area contributed by atoms with Crippen molar-refractivity contribution in [1.29, 1.82) is 31.6 Å². The van der Waals surface area contributed by atoms with E-state index in [0.29, 0.717) is 39.6 Å². The molecule has 0 fully saturated rings. The van der Waals surface area contributed by atoms with Crippen molar-refractivity contribution in [3.8, 4) is 0 Å². The summed E-state index contributed by atoms with van der Waals surface area (Å²) in [7, 11) is 9.91. The van der Waals surface area contributed by atoms with Crippen LogP contribution in [0.5, 0.6) is 0 Å². The van der Waals surface area contributed by atoms with E-state index < -0.39 is 0 Å². The zero-order valence-corrected chi connectivity index (χ0v) is 19.7. The Morgan fingerprint density at radius 2 is 0.387 bits per heavy atom. The Hall–Kier alpha value is -2.79. The maximum absolute atomic E-state index is 6.25. The van der Waals surface area contributed by atoms with Gasteiger partial charge in [-0.15, -0.1) is 0 Å². The van der Waals surface area contributed by atoms with E-state index in [2.05, 4.69) is 28.4 Å². The molecule has 0 N–H and O–H groups in total. The number of hydrogen-bond acceptors (Lipinski definition) is 12. The summed E-state index contributed by atoms with van der Waals surface area (Å²) in [4.78, 5) is 0.